The van der Waals surface area contributed by atoms with Gasteiger partial charge in [0.1, 0.15) is 0 Å². The minimum atomic E-state index is 0.691. The average molecular weight is 241 g/mol. The van der Waals surface area contributed by atoms with Crippen LogP contribution in [-0.4, -0.2) is 22.1 Å². The first-order valence-electron chi connectivity index (χ1n) is 6.72. The van der Waals surface area contributed by atoms with E-state index in [1.54, 1.807) is 0 Å². The maximum atomic E-state index is 4.29. The van der Waals surface area contributed by atoms with Crippen molar-refractivity contribution < 1.29 is 0 Å². The second-order valence-electron chi connectivity index (χ2n) is 4.92. The number of nitrogens with one attached hydrogen (secondary N) is 1. The van der Waals surface area contributed by atoms with Crippen LogP contribution in [0.2, 0.25) is 0 Å². The molecule has 3 rings (SSSR count). The van der Waals surface area contributed by atoms with Crippen molar-refractivity contribution in [3.05, 3.63) is 42.9 Å². The van der Waals surface area contributed by atoms with E-state index in [2.05, 4.69) is 39.1 Å². The Balaban J connectivity index is 1.71. The van der Waals surface area contributed by atoms with Crippen LogP contribution in [0, 0.1) is 0 Å². The Bertz CT molecular complexity index is 483. The van der Waals surface area contributed by atoms with Crippen LogP contribution in [0.25, 0.3) is 11.3 Å². The number of benzene rings is 1. The molecule has 1 unspecified atom stereocenters. The fraction of sp³-hybridized carbons (Fsp3) is 0.400. The molecule has 3 heteroatoms. The molecule has 1 aliphatic heterocycles. The lowest BCUT2D eigenvalue weighted by Gasteiger charge is -2.12. The summed E-state index contributed by atoms with van der Waals surface area (Å²) in [6.45, 7) is 2.22. The normalized spacial score (nSPS) is 19.2. The predicted octanol–water partition coefficient (Wildman–Crippen LogP) is 2.69. The molecule has 0 saturated carbocycles. The highest BCUT2D eigenvalue weighted by Crippen LogP contribution is 2.19. The van der Waals surface area contributed by atoms with Crippen molar-refractivity contribution in [1.29, 1.82) is 0 Å². The molecule has 1 atom stereocenters. The zero-order valence-electron chi connectivity index (χ0n) is 10.5. The number of hydrogen-bond donors (Lipinski definition) is 1. The Labute approximate surface area is 108 Å². The number of aromatic nitrogens is 2. The van der Waals surface area contributed by atoms with Crippen molar-refractivity contribution in [3.63, 3.8) is 0 Å². The van der Waals surface area contributed by atoms with E-state index in [1.165, 1.54) is 37.1 Å². The van der Waals surface area contributed by atoms with E-state index in [0.29, 0.717) is 6.04 Å². The second-order valence-corrected chi connectivity index (χ2v) is 4.92. The lowest BCUT2D eigenvalue weighted by molar-refractivity contribution is 0.507. The van der Waals surface area contributed by atoms with Gasteiger partial charge < -0.3 is 9.88 Å². The van der Waals surface area contributed by atoms with Gasteiger partial charge in [-0.15, -0.1) is 0 Å². The van der Waals surface area contributed by atoms with Gasteiger partial charge in [0, 0.05) is 12.6 Å². The number of aryl methyl sites for hydroxylation is 1. The van der Waals surface area contributed by atoms with E-state index in [0.717, 1.165) is 6.54 Å². The van der Waals surface area contributed by atoms with Crippen molar-refractivity contribution in [1.82, 2.24) is 14.9 Å². The molecule has 18 heavy (non-hydrogen) atoms. The van der Waals surface area contributed by atoms with Gasteiger partial charge in [0.2, 0.25) is 0 Å². The molecular formula is C15H19N3. The highest BCUT2D eigenvalue weighted by atomic mass is 15.1. The fourth-order valence-corrected chi connectivity index (χ4v) is 2.65. The third-order valence-corrected chi connectivity index (χ3v) is 3.66. The third kappa shape index (κ3) is 2.46. The van der Waals surface area contributed by atoms with Gasteiger partial charge in [-0.05, 0) is 31.4 Å². The minimum absolute atomic E-state index is 0.691. The number of rotatable bonds is 4. The topological polar surface area (TPSA) is 29.9 Å². The molecule has 94 valence electrons. The molecule has 1 fully saturated rings. The lowest BCUT2D eigenvalue weighted by atomic mass is 10.1. The summed E-state index contributed by atoms with van der Waals surface area (Å²) in [6.07, 6.45) is 7.72. The number of nitrogens with zero attached hydrogens (tertiary/aromatic N) is 2. The summed E-state index contributed by atoms with van der Waals surface area (Å²) in [7, 11) is 0. The van der Waals surface area contributed by atoms with Crippen LogP contribution in [0.3, 0.4) is 0 Å². The van der Waals surface area contributed by atoms with E-state index < -0.39 is 0 Å². The van der Waals surface area contributed by atoms with Crippen LogP contribution in [0.1, 0.15) is 19.3 Å². The molecule has 3 nitrogen and oxygen atoms in total. The van der Waals surface area contributed by atoms with Crippen LogP contribution in [0.5, 0.6) is 0 Å². The first-order valence-corrected chi connectivity index (χ1v) is 6.72. The summed E-state index contributed by atoms with van der Waals surface area (Å²) < 4.78 is 2.26. The minimum Gasteiger partial charge on any atom is -0.331 e. The van der Waals surface area contributed by atoms with Gasteiger partial charge in [-0.1, -0.05) is 30.3 Å². The maximum Gasteiger partial charge on any atom is 0.0950 e. The highest BCUT2D eigenvalue weighted by Gasteiger charge is 2.14. The van der Waals surface area contributed by atoms with Gasteiger partial charge in [0.05, 0.1) is 18.2 Å². The van der Waals surface area contributed by atoms with Crippen molar-refractivity contribution in [2.45, 2.75) is 31.8 Å². The molecule has 1 N–H and O–H groups in total. The van der Waals surface area contributed by atoms with Gasteiger partial charge in [0.25, 0.3) is 0 Å². The molecule has 1 aliphatic rings. The summed E-state index contributed by atoms with van der Waals surface area (Å²) in [6, 6.07) is 11.2. The van der Waals surface area contributed by atoms with E-state index in [4.69, 9.17) is 0 Å². The van der Waals surface area contributed by atoms with Crippen molar-refractivity contribution in [3.8, 4) is 11.3 Å². The largest absolute Gasteiger partial charge is 0.331 e. The smallest absolute Gasteiger partial charge is 0.0950 e. The number of hydrogen-bond acceptors (Lipinski definition) is 2. The second kappa shape index (κ2) is 5.36. The number of imidazole rings is 1. The third-order valence-electron chi connectivity index (χ3n) is 3.66. The molecule has 2 heterocycles. The quantitative estimate of drug-likeness (QED) is 0.892. The maximum absolute atomic E-state index is 4.29. The van der Waals surface area contributed by atoms with E-state index in [9.17, 15) is 0 Å². The van der Waals surface area contributed by atoms with Gasteiger partial charge in [-0.2, -0.15) is 0 Å². The van der Waals surface area contributed by atoms with E-state index in [-0.39, 0.29) is 0 Å². The van der Waals surface area contributed by atoms with Crippen molar-refractivity contribution in [2.24, 2.45) is 0 Å². The molecule has 1 aromatic heterocycles. The zero-order chi connectivity index (χ0) is 12.2. The molecular weight excluding hydrogens is 222 g/mol. The van der Waals surface area contributed by atoms with Crippen LogP contribution in [0.15, 0.2) is 42.9 Å². The van der Waals surface area contributed by atoms with Gasteiger partial charge in [0.15, 0.2) is 0 Å². The van der Waals surface area contributed by atoms with Gasteiger partial charge in [-0.3, -0.25) is 0 Å². The summed E-state index contributed by atoms with van der Waals surface area (Å²) in [5.41, 5.74) is 2.46. The van der Waals surface area contributed by atoms with Crippen LogP contribution >= 0.6 is 0 Å². The summed E-state index contributed by atoms with van der Waals surface area (Å²) >= 11 is 0. The molecule has 1 aromatic carbocycles. The predicted molar refractivity (Wildman–Crippen MR) is 73.3 cm³/mol. The van der Waals surface area contributed by atoms with Crippen LogP contribution in [0.4, 0.5) is 0 Å². The molecule has 0 amide bonds. The molecule has 0 spiro atoms. The fourth-order valence-electron chi connectivity index (χ4n) is 2.65. The Morgan fingerprint density at radius 3 is 2.94 bits per heavy atom. The highest BCUT2D eigenvalue weighted by molar-refractivity contribution is 5.58. The summed E-state index contributed by atoms with van der Waals surface area (Å²) in [5.74, 6) is 0. The molecule has 0 bridgehead atoms. The lowest BCUT2D eigenvalue weighted by Crippen LogP contribution is -2.22. The van der Waals surface area contributed by atoms with Crippen LogP contribution < -0.4 is 5.32 Å². The first kappa shape index (κ1) is 11.5. The zero-order valence-corrected chi connectivity index (χ0v) is 10.5. The first-order chi connectivity index (χ1) is 8.93. The Kier molecular flexibility index (Phi) is 3.42. The summed E-state index contributed by atoms with van der Waals surface area (Å²) in [4.78, 5) is 4.29. The standard InChI is InChI=1S/C15H19N3/c1-2-5-13(6-3-1)15-11-16-12-18(15)10-8-14-7-4-9-17-14/h1-3,5-6,11-12,14,17H,4,7-10H2. The van der Waals surface area contributed by atoms with Gasteiger partial charge in [-0.25, -0.2) is 4.98 Å². The summed E-state index contributed by atoms with van der Waals surface area (Å²) in [5, 5.41) is 3.54. The Hall–Kier alpha value is -1.61. The van der Waals surface area contributed by atoms with E-state index >= 15 is 0 Å². The van der Waals surface area contributed by atoms with Crippen LogP contribution in [-0.2, 0) is 6.54 Å². The monoisotopic (exact) mass is 241 g/mol. The molecule has 0 aliphatic carbocycles. The molecule has 1 saturated heterocycles. The van der Waals surface area contributed by atoms with E-state index in [1.807, 2.05) is 18.6 Å². The molecule has 2 aromatic rings. The Morgan fingerprint density at radius 2 is 2.17 bits per heavy atom. The van der Waals surface area contributed by atoms with Crippen molar-refractivity contribution in [2.75, 3.05) is 6.54 Å². The van der Waals surface area contributed by atoms with Gasteiger partial charge >= 0.3 is 0 Å². The molecule has 0 radical (unpaired) electrons. The Morgan fingerprint density at radius 1 is 1.28 bits per heavy atom. The van der Waals surface area contributed by atoms with Crippen molar-refractivity contribution >= 4 is 0 Å². The SMILES string of the molecule is c1ccc(-c2cncn2CCC2CCCN2)cc1. The average Bonchev–Trinajstić information content (AvgIpc) is 3.09.